The first-order valence-electron chi connectivity index (χ1n) is 7.34. The monoisotopic (exact) mass is 356 g/mol. The van der Waals surface area contributed by atoms with Gasteiger partial charge in [0.2, 0.25) is 0 Å². The van der Waals surface area contributed by atoms with Crippen molar-refractivity contribution in [1.82, 2.24) is 9.78 Å². The Labute approximate surface area is 148 Å². The van der Waals surface area contributed by atoms with E-state index in [9.17, 15) is 14.9 Å². The van der Waals surface area contributed by atoms with E-state index in [1.54, 1.807) is 10.9 Å². The number of amides is 1. The molecular weight excluding hydrogens is 344 g/mol. The summed E-state index contributed by atoms with van der Waals surface area (Å²) in [6.45, 7) is 0.573. The molecule has 0 unspecified atom stereocenters. The second-order valence-corrected chi connectivity index (χ2v) is 5.70. The fourth-order valence-electron chi connectivity index (χ4n) is 2.28. The van der Waals surface area contributed by atoms with Crippen molar-refractivity contribution in [3.05, 3.63) is 87.2 Å². The highest BCUT2D eigenvalue weighted by Gasteiger charge is 2.16. The van der Waals surface area contributed by atoms with Crippen LogP contribution in [0, 0.1) is 10.1 Å². The number of rotatable bonds is 5. The van der Waals surface area contributed by atoms with Gasteiger partial charge in [-0.1, -0.05) is 41.9 Å². The maximum absolute atomic E-state index is 12.3. The molecule has 0 atom stereocenters. The fourth-order valence-corrected chi connectivity index (χ4v) is 2.47. The molecule has 0 spiro atoms. The summed E-state index contributed by atoms with van der Waals surface area (Å²) in [5.41, 5.74) is 1.41. The molecule has 0 fully saturated rings. The number of halogens is 1. The minimum Gasteiger partial charge on any atom is -0.319 e. The highest BCUT2D eigenvalue weighted by molar-refractivity contribution is 6.32. The van der Waals surface area contributed by atoms with Crippen LogP contribution in [0.25, 0.3) is 0 Å². The third-order valence-electron chi connectivity index (χ3n) is 3.48. The molecule has 1 N–H and O–H groups in total. The molecule has 0 radical (unpaired) electrons. The molecule has 0 aliphatic heterocycles. The number of nitrogens with one attached hydrogen (secondary N) is 1. The molecule has 8 heteroatoms. The number of aromatic nitrogens is 2. The van der Waals surface area contributed by atoms with E-state index in [4.69, 9.17) is 11.6 Å². The maximum atomic E-state index is 12.3. The SMILES string of the molecule is O=C(Nc1cnn(Cc2ccccc2)c1)c1ccc(Cl)c([N+](=O)[O-])c1. The number of carbonyl (C=O) groups is 1. The number of nitrogens with zero attached hydrogens (tertiary/aromatic N) is 3. The normalized spacial score (nSPS) is 10.4. The van der Waals surface area contributed by atoms with Crippen LogP contribution in [0.2, 0.25) is 5.02 Å². The standard InChI is InChI=1S/C17H13ClN4O3/c18-15-7-6-13(8-16(15)22(24)25)17(23)20-14-9-19-21(11-14)10-12-4-2-1-3-5-12/h1-9,11H,10H2,(H,20,23). The summed E-state index contributed by atoms with van der Waals surface area (Å²) in [5.74, 6) is -0.473. The van der Waals surface area contributed by atoms with Gasteiger partial charge in [0, 0.05) is 17.8 Å². The van der Waals surface area contributed by atoms with E-state index in [0.29, 0.717) is 12.2 Å². The number of anilines is 1. The number of benzene rings is 2. The van der Waals surface area contributed by atoms with Crippen LogP contribution in [0.4, 0.5) is 11.4 Å². The van der Waals surface area contributed by atoms with Crippen LogP contribution in [0.15, 0.2) is 60.9 Å². The van der Waals surface area contributed by atoms with Gasteiger partial charge in [-0.15, -0.1) is 0 Å². The molecular formula is C17H13ClN4O3. The summed E-state index contributed by atoms with van der Waals surface area (Å²) < 4.78 is 1.69. The Morgan fingerprint density at radius 3 is 2.72 bits per heavy atom. The van der Waals surface area contributed by atoms with Crippen LogP contribution in [0.3, 0.4) is 0 Å². The number of carbonyl (C=O) groups excluding carboxylic acids is 1. The van der Waals surface area contributed by atoms with Crippen molar-refractivity contribution in [1.29, 1.82) is 0 Å². The summed E-state index contributed by atoms with van der Waals surface area (Å²) in [6.07, 6.45) is 3.21. The molecule has 3 aromatic rings. The van der Waals surface area contributed by atoms with Gasteiger partial charge in [0.25, 0.3) is 11.6 Å². The molecule has 126 valence electrons. The second-order valence-electron chi connectivity index (χ2n) is 5.29. The first kappa shape index (κ1) is 16.7. The van der Waals surface area contributed by atoms with Crippen LogP contribution in [0.1, 0.15) is 15.9 Å². The van der Waals surface area contributed by atoms with Gasteiger partial charge in [0.15, 0.2) is 0 Å². The Hall–Kier alpha value is -3.19. The van der Waals surface area contributed by atoms with E-state index in [1.165, 1.54) is 18.3 Å². The lowest BCUT2D eigenvalue weighted by Crippen LogP contribution is -2.11. The lowest BCUT2D eigenvalue weighted by molar-refractivity contribution is -0.384. The molecule has 25 heavy (non-hydrogen) atoms. The summed E-state index contributed by atoms with van der Waals surface area (Å²) in [5, 5.41) is 17.7. The van der Waals surface area contributed by atoms with E-state index < -0.39 is 10.8 Å². The molecule has 0 aliphatic carbocycles. The molecule has 3 rings (SSSR count). The minimum absolute atomic E-state index is 0.0165. The Bertz CT molecular complexity index is 925. The predicted molar refractivity (Wildman–Crippen MR) is 93.8 cm³/mol. The van der Waals surface area contributed by atoms with Gasteiger partial charge in [0.05, 0.1) is 23.4 Å². The number of hydrogen-bond donors (Lipinski definition) is 1. The van der Waals surface area contributed by atoms with Gasteiger partial charge in [-0.3, -0.25) is 19.6 Å². The van der Waals surface area contributed by atoms with Crippen molar-refractivity contribution in [3.63, 3.8) is 0 Å². The van der Waals surface area contributed by atoms with Gasteiger partial charge in [-0.25, -0.2) is 0 Å². The summed E-state index contributed by atoms with van der Waals surface area (Å²) in [4.78, 5) is 22.5. The first-order chi connectivity index (χ1) is 12.0. The van der Waals surface area contributed by atoms with Crippen molar-refractivity contribution in [3.8, 4) is 0 Å². The van der Waals surface area contributed by atoms with Crippen molar-refractivity contribution >= 4 is 28.9 Å². The van der Waals surface area contributed by atoms with Crippen molar-refractivity contribution in [2.24, 2.45) is 0 Å². The zero-order valence-corrected chi connectivity index (χ0v) is 13.7. The van der Waals surface area contributed by atoms with Gasteiger partial charge in [0.1, 0.15) is 5.02 Å². The van der Waals surface area contributed by atoms with Crippen molar-refractivity contribution in [2.75, 3.05) is 5.32 Å². The Morgan fingerprint density at radius 1 is 1.24 bits per heavy atom. The smallest absolute Gasteiger partial charge is 0.288 e. The Morgan fingerprint density at radius 2 is 2.00 bits per heavy atom. The molecule has 2 aromatic carbocycles. The summed E-state index contributed by atoms with van der Waals surface area (Å²) >= 11 is 5.75. The fraction of sp³-hybridized carbons (Fsp3) is 0.0588. The highest BCUT2D eigenvalue weighted by atomic mass is 35.5. The Kier molecular flexibility index (Phi) is 4.76. The predicted octanol–water partition coefficient (Wildman–Crippen LogP) is 3.75. The number of hydrogen-bond acceptors (Lipinski definition) is 4. The third-order valence-corrected chi connectivity index (χ3v) is 3.80. The molecule has 0 aliphatic rings. The lowest BCUT2D eigenvalue weighted by atomic mass is 10.2. The van der Waals surface area contributed by atoms with Crippen molar-refractivity contribution < 1.29 is 9.72 Å². The zero-order chi connectivity index (χ0) is 17.8. The quantitative estimate of drug-likeness (QED) is 0.557. The van der Waals surface area contributed by atoms with Gasteiger partial charge >= 0.3 is 0 Å². The average molecular weight is 357 g/mol. The molecule has 1 aromatic heterocycles. The maximum Gasteiger partial charge on any atom is 0.288 e. The first-order valence-corrected chi connectivity index (χ1v) is 7.72. The number of nitro groups is 1. The number of nitro benzene ring substituents is 1. The molecule has 1 heterocycles. The van der Waals surface area contributed by atoms with Crippen LogP contribution >= 0.6 is 11.6 Å². The van der Waals surface area contributed by atoms with Crippen molar-refractivity contribution in [2.45, 2.75) is 6.54 Å². The van der Waals surface area contributed by atoms with Gasteiger partial charge in [-0.05, 0) is 17.7 Å². The second kappa shape index (κ2) is 7.14. The van der Waals surface area contributed by atoms with E-state index >= 15 is 0 Å². The van der Waals surface area contributed by atoms with Gasteiger partial charge in [-0.2, -0.15) is 5.10 Å². The van der Waals surface area contributed by atoms with E-state index in [1.807, 2.05) is 30.3 Å². The van der Waals surface area contributed by atoms with Crippen LogP contribution in [-0.4, -0.2) is 20.6 Å². The molecule has 0 saturated carbocycles. The van der Waals surface area contributed by atoms with Crippen LogP contribution < -0.4 is 5.32 Å². The summed E-state index contributed by atoms with van der Waals surface area (Å²) in [6, 6.07) is 13.7. The van der Waals surface area contributed by atoms with E-state index in [0.717, 1.165) is 11.6 Å². The topological polar surface area (TPSA) is 90.1 Å². The molecule has 0 saturated heterocycles. The highest BCUT2D eigenvalue weighted by Crippen LogP contribution is 2.25. The largest absolute Gasteiger partial charge is 0.319 e. The average Bonchev–Trinajstić information content (AvgIpc) is 3.02. The van der Waals surface area contributed by atoms with E-state index in [2.05, 4.69) is 10.4 Å². The van der Waals surface area contributed by atoms with E-state index in [-0.39, 0.29) is 16.3 Å². The Balaban J connectivity index is 1.71. The lowest BCUT2D eigenvalue weighted by Gasteiger charge is -2.03. The van der Waals surface area contributed by atoms with Gasteiger partial charge < -0.3 is 5.32 Å². The third kappa shape index (κ3) is 4.02. The zero-order valence-electron chi connectivity index (χ0n) is 12.9. The summed E-state index contributed by atoms with van der Waals surface area (Å²) in [7, 11) is 0. The van der Waals surface area contributed by atoms with Crippen LogP contribution in [0.5, 0.6) is 0 Å². The van der Waals surface area contributed by atoms with Crippen LogP contribution in [-0.2, 0) is 6.54 Å². The molecule has 0 bridgehead atoms. The molecule has 1 amide bonds. The minimum atomic E-state index is -0.628. The molecule has 7 nitrogen and oxygen atoms in total.